The minimum atomic E-state index is -0.702. The Kier molecular flexibility index (Phi) is 6.61. The van der Waals surface area contributed by atoms with Crippen LogP contribution in [-0.4, -0.2) is 24.6 Å². The number of rotatable bonds is 6. The molecule has 3 nitrogen and oxygen atoms in total. The van der Waals surface area contributed by atoms with Crippen LogP contribution < -0.4 is 4.74 Å². The van der Waals surface area contributed by atoms with Crippen LogP contribution in [0.2, 0.25) is 10.0 Å². The smallest absolute Gasteiger partial charge is 0.347 e. The molecule has 0 bridgehead atoms. The molecule has 0 saturated carbocycles. The molecule has 1 aromatic carbocycles. The third kappa shape index (κ3) is 4.56. The van der Waals surface area contributed by atoms with Crippen molar-refractivity contribution in [1.82, 2.24) is 0 Å². The summed E-state index contributed by atoms with van der Waals surface area (Å²) < 4.78 is 10.4. The van der Waals surface area contributed by atoms with E-state index in [4.69, 9.17) is 44.3 Å². The van der Waals surface area contributed by atoms with Crippen LogP contribution in [0.25, 0.3) is 0 Å². The molecule has 18 heavy (non-hydrogen) atoms. The van der Waals surface area contributed by atoms with Crippen LogP contribution in [0, 0.1) is 0 Å². The van der Waals surface area contributed by atoms with Crippen LogP contribution in [0.1, 0.15) is 13.3 Å². The second kappa shape index (κ2) is 7.72. The number of esters is 1. The number of hydrogen-bond donors (Lipinski definition) is 0. The molecule has 0 aromatic heterocycles. The first-order chi connectivity index (χ1) is 8.58. The van der Waals surface area contributed by atoms with E-state index < -0.39 is 12.1 Å². The molecule has 1 aromatic rings. The number of carbonyl (C=O) groups is 1. The molecule has 0 amide bonds. The van der Waals surface area contributed by atoms with Crippen LogP contribution >= 0.6 is 34.8 Å². The molecule has 100 valence electrons. The highest BCUT2D eigenvalue weighted by Gasteiger charge is 2.20. The Morgan fingerprint density at radius 3 is 2.67 bits per heavy atom. The van der Waals surface area contributed by atoms with Gasteiger partial charge in [0.1, 0.15) is 12.4 Å². The second-order valence-corrected chi connectivity index (χ2v) is 4.67. The number of ether oxygens (including phenoxy) is 2. The van der Waals surface area contributed by atoms with Crippen LogP contribution in [0.5, 0.6) is 5.75 Å². The Labute approximate surface area is 121 Å². The lowest BCUT2D eigenvalue weighted by Gasteiger charge is -2.17. The van der Waals surface area contributed by atoms with Crippen LogP contribution in [-0.2, 0) is 9.53 Å². The van der Waals surface area contributed by atoms with E-state index in [0.29, 0.717) is 22.2 Å². The van der Waals surface area contributed by atoms with Crippen LogP contribution in [0.3, 0.4) is 0 Å². The Balaban J connectivity index is 2.70. The van der Waals surface area contributed by atoms with Gasteiger partial charge in [0.15, 0.2) is 6.10 Å². The van der Waals surface area contributed by atoms with Crippen molar-refractivity contribution in [3.8, 4) is 5.75 Å². The summed E-state index contributed by atoms with van der Waals surface area (Å²) in [4.78, 5) is 11.6. The molecule has 1 rings (SSSR count). The van der Waals surface area contributed by atoms with Gasteiger partial charge in [-0.05, 0) is 24.6 Å². The summed E-state index contributed by atoms with van der Waals surface area (Å²) in [5.74, 6) is 0.198. The highest BCUT2D eigenvalue weighted by atomic mass is 35.5. The first-order valence-corrected chi connectivity index (χ1v) is 6.71. The average molecular weight is 312 g/mol. The lowest BCUT2D eigenvalue weighted by Crippen LogP contribution is -2.29. The van der Waals surface area contributed by atoms with Crippen molar-refractivity contribution in [1.29, 1.82) is 0 Å². The number of hydrogen-bond acceptors (Lipinski definition) is 3. The van der Waals surface area contributed by atoms with Gasteiger partial charge >= 0.3 is 5.97 Å². The highest BCUT2D eigenvalue weighted by Crippen LogP contribution is 2.28. The molecular formula is C12H13Cl3O3. The van der Waals surface area contributed by atoms with Crippen molar-refractivity contribution < 1.29 is 14.3 Å². The van der Waals surface area contributed by atoms with Gasteiger partial charge in [0.25, 0.3) is 0 Å². The van der Waals surface area contributed by atoms with Gasteiger partial charge in [-0.25, -0.2) is 4.79 Å². The zero-order valence-electron chi connectivity index (χ0n) is 9.79. The molecular weight excluding hydrogens is 298 g/mol. The van der Waals surface area contributed by atoms with Crippen molar-refractivity contribution in [2.45, 2.75) is 19.4 Å². The summed E-state index contributed by atoms with van der Waals surface area (Å²) in [5.41, 5.74) is 0. The molecule has 0 aliphatic carbocycles. The predicted octanol–water partition coefficient (Wildman–Crippen LogP) is 3.93. The van der Waals surface area contributed by atoms with Crippen molar-refractivity contribution in [2.75, 3.05) is 12.5 Å². The molecule has 1 unspecified atom stereocenters. The fraction of sp³-hybridized carbons (Fsp3) is 0.417. The zero-order chi connectivity index (χ0) is 13.5. The van der Waals surface area contributed by atoms with Gasteiger partial charge in [0.05, 0.1) is 10.9 Å². The van der Waals surface area contributed by atoms with E-state index in [1.807, 2.05) is 6.92 Å². The summed E-state index contributed by atoms with van der Waals surface area (Å²) in [6, 6.07) is 4.80. The van der Waals surface area contributed by atoms with Crippen LogP contribution in [0.4, 0.5) is 0 Å². The first-order valence-electron chi connectivity index (χ1n) is 5.42. The Bertz CT molecular complexity index is 410. The van der Waals surface area contributed by atoms with E-state index >= 15 is 0 Å². The first kappa shape index (κ1) is 15.4. The summed E-state index contributed by atoms with van der Waals surface area (Å²) >= 11 is 17.2. The van der Waals surface area contributed by atoms with Crippen molar-refractivity contribution in [2.24, 2.45) is 0 Å². The molecule has 0 spiro atoms. The van der Waals surface area contributed by atoms with Gasteiger partial charge in [0.2, 0.25) is 0 Å². The predicted molar refractivity (Wildman–Crippen MR) is 72.8 cm³/mol. The maximum Gasteiger partial charge on any atom is 0.347 e. The van der Waals surface area contributed by atoms with E-state index in [2.05, 4.69) is 0 Å². The normalized spacial score (nSPS) is 12.0. The molecule has 6 heteroatoms. The molecule has 0 heterocycles. The van der Waals surface area contributed by atoms with Gasteiger partial charge in [-0.1, -0.05) is 30.1 Å². The molecule has 0 aliphatic heterocycles. The van der Waals surface area contributed by atoms with Gasteiger partial charge in [0, 0.05) is 5.02 Å². The number of alkyl halides is 1. The molecule has 1 atom stereocenters. The third-order valence-electron chi connectivity index (χ3n) is 2.12. The second-order valence-electron chi connectivity index (χ2n) is 3.45. The van der Waals surface area contributed by atoms with Crippen molar-refractivity contribution in [3.05, 3.63) is 28.2 Å². The molecule has 0 N–H and O–H groups in total. The molecule has 0 saturated heterocycles. The average Bonchev–Trinajstić information content (AvgIpc) is 2.35. The fourth-order valence-electron chi connectivity index (χ4n) is 1.25. The number of carbonyl (C=O) groups excluding carboxylic acids is 1. The van der Waals surface area contributed by atoms with Crippen molar-refractivity contribution >= 4 is 40.8 Å². The minimum absolute atomic E-state index is 0.161. The fourth-order valence-corrected chi connectivity index (χ4v) is 1.78. The monoisotopic (exact) mass is 310 g/mol. The van der Waals surface area contributed by atoms with E-state index in [9.17, 15) is 4.79 Å². The van der Waals surface area contributed by atoms with E-state index in [-0.39, 0.29) is 12.5 Å². The Morgan fingerprint density at radius 1 is 1.39 bits per heavy atom. The standard InChI is InChI=1S/C12H13Cl3O3/c1-2-10(12(16)17-6-5-13)18-11-4-3-8(14)7-9(11)15/h3-4,7,10H,2,5-6H2,1H3. The molecule has 0 fully saturated rings. The lowest BCUT2D eigenvalue weighted by molar-refractivity contribution is -0.151. The Morgan fingerprint density at radius 2 is 2.11 bits per heavy atom. The minimum Gasteiger partial charge on any atom is -0.477 e. The molecule has 0 aliphatic rings. The molecule has 0 radical (unpaired) electrons. The highest BCUT2D eigenvalue weighted by molar-refractivity contribution is 6.35. The van der Waals surface area contributed by atoms with Crippen LogP contribution in [0.15, 0.2) is 18.2 Å². The van der Waals surface area contributed by atoms with E-state index in [1.54, 1.807) is 18.2 Å². The summed E-state index contributed by atoms with van der Waals surface area (Å²) in [5, 5.41) is 0.858. The SMILES string of the molecule is CCC(Oc1ccc(Cl)cc1Cl)C(=O)OCCCl. The van der Waals surface area contributed by atoms with Gasteiger partial charge in [-0.3, -0.25) is 0 Å². The zero-order valence-corrected chi connectivity index (χ0v) is 12.1. The third-order valence-corrected chi connectivity index (χ3v) is 2.80. The van der Waals surface area contributed by atoms with E-state index in [0.717, 1.165) is 0 Å². The maximum absolute atomic E-state index is 11.6. The summed E-state index contributed by atoms with van der Waals surface area (Å²) in [6.07, 6.45) is -0.230. The van der Waals surface area contributed by atoms with Gasteiger partial charge in [-0.15, -0.1) is 11.6 Å². The topological polar surface area (TPSA) is 35.5 Å². The van der Waals surface area contributed by atoms with Crippen molar-refractivity contribution in [3.63, 3.8) is 0 Å². The summed E-state index contributed by atoms with van der Waals surface area (Å²) in [7, 11) is 0. The van der Waals surface area contributed by atoms with E-state index in [1.165, 1.54) is 0 Å². The quantitative estimate of drug-likeness (QED) is 0.590. The number of halogens is 3. The maximum atomic E-state index is 11.6. The largest absolute Gasteiger partial charge is 0.477 e. The lowest BCUT2D eigenvalue weighted by atomic mass is 10.2. The van der Waals surface area contributed by atoms with Gasteiger partial charge < -0.3 is 9.47 Å². The summed E-state index contributed by atoms with van der Waals surface area (Å²) in [6.45, 7) is 1.98. The Hall–Kier alpha value is -0.640. The van der Waals surface area contributed by atoms with Gasteiger partial charge in [-0.2, -0.15) is 0 Å². The number of benzene rings is 1.